The highest BCUT2D eigenvalue weighted by Gasteiger charge is 2.08. The van der Waals surface area contributed by atoms with Crippen molar-refractivity contribution in [1.82, 2.24) is 15.6 Å². The smallest absolute Gasteiger partial charge is 0.315 e. The van der Waals surface area contributed by atoms with Crippen LogP contribution in [0.15, 0.2) is 24.2 Å². The molecule has 0 bridgehead atoms. The van der Waals surface area contributed by atoms with Crippen LogP contribution in [0, 0.1) is 0 Å². The summed E-state index contributed by atoms with van der Waals surface area (Å²) in [4.78, 5) is 15.6. The van der Waals surface area contributed by atoms with Crippen molar-refractivity contribution in [3.8, 4) is 0 Å². The van der Waals surface area contributed by atoms with Crippen LogP contribution in [0.4, 0.5) is 4.79 Å². The zero-order chi connectivity index (χ0) is 11.8. The Morgan fingerprint density at radius 2 is 2.56 bits per heavy atom. The largest absolute Gasteiger partial charge is 0.335 e. The standard InChI is InChI=1S/C11H17N3OS/c1-3-5-9(4-2)14-11(15)13-8-10-12-6-7-16-10/h3,6-7,9H,1,4-5,8H2,2H3,(H2,13,14,15). The molecule has 0 aliphatic heterocycles. The van der Waals surface area contributed by atoms with Gasteiger partial charge in [0.05, 0.1) is 6.54 Å². The van der Waals surface area contributed by atoms with E-state index in [2.05, 4.69) is 22.2 Å². The van der Waals surface area contributed by atoms with Crippen molar-refractivity contribution in [3.63, 3.8) is 0 Å². The van der Waals surface area contributed by atoms with Gasteiger partial charge in [0.1, 0.15) is 5.01 Å². The SMILES string of the molecule is C=CCC(CC)NC(=O)NCc1nccs1. The molecule has 0 aliphatic rings. The fourth-order valence-corrected chi connectivity index (χ4v) is 1.82. The van der Waals surface area contributed by atoms with E-state index in [9.17, 15) is 4.79 Å². The molecule has 1 aromatic rings. The molecule has 0 saturated carbocycles. The van der Waals surface area contributed by atoms with Crippen molar-refractivity contribution in [1.29, 1.82) is 0 Å². The molecule has 0 spiro atoms. The van der Waals surface area contributed by atoms with Crippen molar-refractivity contribution in [2.75, 3.05) is 0 Å². The van der Waals surface area contributed by atoms with Gasteiger partial charge in [-0.15, -0.1) is 17.9 Å². The zero-order valence-corrected chi connectivity index (χ0v) is 10.2. The van der Waals surface area contributed by atoms with Gasteiger partial charge in [0.15, 0.2) is 0 Å². The lowest BCUT2D eigenvalue weighted by atomic mass is 10.1. The van der Waals surface area contributed by atoms with Crippen LogP contribution < -0.4 is 10.6 Å². The molecule has 1 heterocycles. The number of rotatable bonds is 6. The molecule has 2 amide bonds. The molecule has 2 N–H and O–H groups in total. The van der Waals surface area contributed by atoms with Crippen LogP contribution in [-0.2, 0) is 6.54 Å². The van der Waals surface area contributed by atoms with Crippen LogP contribution in [0.3, 0.4) is 0 Å². The van der Waals surface area contributed by atoms with E-state index in [4.69, 9.17) is 0 Å². The number of nitrogens with one attached hydrogen (secondary N) is 2. The maximum absolute atomic E-state index is 11.5. The highest BCUT2D eigenvalue weighted by atomic mass is 32.1. The van der Waals surface area contributed by atoms with Crippen LogP contribution in [0.25, 0.3) is 0 Å². The summed E-state index contributed by atoms with van der Waals surface area (Å²) < 4.78 is 0. The van der Waals surface area contributed by atoms with E-state index in [1.165, 1.54) is 11.3 Å². The maximum Gasteiger partial charge on any atom is 0.315 e. The van der Waals surface area contributed by atoms with Crippen molar-refractivity contribution in [2.24, 2.45) is 0 Å². The molecule has 4 nitrogen and oxygen atoms in total. The summed E-state index contributed by atoms with van der Waals surface area (Å²) in [5, 5.41) is 8.46. The quantitative estimate of drug-likeness (QED) is 0.748. The fraction of sp³-hybridized carbons (Fsp3) is 0.455. The average molecular weight is 239 g/mol. The lowest BCUT2D eigenvalue weighted by molar-refractivity contribution is 0.236. The molecule has 1 unspecified atom stereocenters. The summed E-state index contributed by atoms with van der Waals surface area (Å²) in [7, 11) is 0. The first kappa shape index (κ1) is 12.7. The Kier molecular flexibility index (Phi) is 5.56. The number of hydrogen-bond donors (Lipinski definition) is 2. The Morgan fingerprint density at radius 1 is 1.75 bits per heavy atom. The van der Waals surface area contributed by atoms with Crippen molar-refractivity contribution >= 4 is 17.4 Å². The van der Waals surface area contributed by atoms with Crippen molar-refractivity contribution < 1.29 is 4.79 Å². The van der Waals surface area contributed by atoms with E-state index in [1.54, 1.807) is 6.20 Å². The summed E-state index contributed by atoms with van der Waals surface area (Å²) in [6, 6.07) is 0.0118. The highest BCUT2D eigenvalue weighted by Crippen LogP contribution is 2.02. The van der Waals surface area contributed by atoms with Crippen LogP contribution in [0.5, 0.6) is 0 Å². The summed E-state index contributed by atoms with van der Waals surface area (Å²) in [5.74, 6) is 0. The van der Waals surface area contributed by atoms with E-state index in [1.807, 2.05) is 18.4 Å². The molecule has 1 atom stereocenters. The Hall–Kier alpha value is -1.36. The molecule has 88 valence electrons. The first-order chi connectivity index (χ1) is 7.76. The summed E-state index contributed by atoms with van der Waals surface area (Å²) in [5.41, 5.74) is 0. The van der Waals surface area contributed by atoms with Crippen LogP contribution in [0.2, 0.25) is 0 Å². The van der Waals surface area contributed by atoms with Gasteiger partial charge >= 0.3 is 6.03 Å². The topological polar surface area (TPSA) is 54.0 Å². The molecule has 16 heavy (non-hydrogen) atoms. The third kappa shape index (κ3) is 4.44. The minimum absolute atomic E-state index is 0.149. The molecule has 0 aromatic carbocycles. The lowest BCUT2D eigenvalue weighted by Crippen LogP contribution is -2.41. The number of aromatic nitrogens is 1. The van der Waals surface area contributed by atoms with Gasteiger partial charge in [-0.05, 0) is 12.8 Å². The zero-order valence-electron chi connectivity index (χ0n) is 9.40. The first-order valence-corrected chi connectivity index (χ1v) is 6.17. The number of amides is 2. The number of hydrogen-bond acceptors (Lipinski definition) is 3. The Labute approximate surface area is 99.8 Å². The second kappa shape index (κ2) is 7.00. The van der Waals surface area contributed by atoms with E-state index in [-0.39, 0.29) is 12.1 Å². The van der Waals surface area contributed by atoms with E-state index < -0.39 is 0 Å². The van der Waals surface area contributed by atoms with Gasteiger partial charge in [-0.2, -0.15) is 0 Å². The number of nitrogens with zero attached hydrogens (tertiary/aromatic N) is 1. The van der Waals surface area contributed by atoms with Crippen LogP contribution >= 0.6 is 11.3 Å². The van der Waals surface area contributed by atoms with Gasteiger partial charge in [0.25, 0.3) is 0 Å². The van der Waals surface area contributed by atoms with E-state index in [0.717, 1.165) is 17.8 Å². The minimum atomic E-state index is -0.149. The third-order valence-electron chi connectivity index (χ3n) is 2.16. The molecule has 1 rings (SSSR count). The summed E-state index contributed by atoms with van der Waals surface area (Å²) >= 11 is 1.53. The highest BCUT2D eigenvalue weighted by molar-refractivity contribution is 7.09. The molecule has 5 heteroatoms. The Balaban J connectivity index is 2.26. The second-order valence-corrected chi connectivity index (χ2v) is 4.36. The monoisotopic (exact) mass is 239 g/mol. The fourth-order valence-electron chi connectivity index (χ4n) is 1.26. The van der Waals surface area contributed by atoms with Crippen molar-refractivity contribution in [2.45, 2.75) is 32.4 Å². The number of carbonyl (C=O) groups excluding carboxylic acids is 1. The molecule has 1 aromatic heterocycles. The predicted molar refractivity (Wildman–Crippen MR) is 66.4 cm³/mol. The van der Waals surface area contributed by atoms with Crippen LogP contribution in [-0.4, -0.2) is 17.1 Å². The second-order valence-electron chi connectivity index (χ2n) is 3.38. The van der Waals surface area contributed by atoms with Gasteiger partial charge < -0.3 is 10.6 Å². The average Bonchev–Trinajstić information content (AvgIpc) is 2.78. The molecular weight excluding hydrogens is 222 g/mol. The van der Waals surface area contributed by atoms with Crippen molar-refractivity contribution in [3.05, 3.63) is 29.2 Å². The normalized spacial score (nSPS) is 11.8. The van der Waals surface area contributed by atoms with Gasteiger partial charge in [-0.3, -0.25) is 0 Å². The van der Waals surface area contributed by atoms with E-state index >= 15 is 0 Å². The van der Waals surface area contributed by atoms with E-state index in [0.29, 0.717) is 6.54 Å². The van der Waals surface area contributed by atoms with Gasteiger partial charge in [0.2, 0.25) is 0 Å². The number of carbonyl (C=O) groups is 1. The van der Waals surface area contributed by atoms with Crippen LogP contribution in [0.1, 0.15) is 24.8 Å². The Morgan fingerprint density at radius 3 is 3.12 bits per heavy atom. The first-order valence-electron chi connectivity index (χ1n) is 5.29. The molecular formula is C11H17N3OS. The number of thiazole rings is 1. The predicted octanol–water partition coefficient (Wildman–Crippen LogP) is 2.30. The molecule has 0 fully saturated rings. The lowest BCUT2D eigenvalue weighted by Gasteiger charge is -2.15. The molecule has 0 saturated heterocycles. The summed E-state index contributed by atoms with van der Waals surface area (Å²) in [6.07, 6.45) is 5.24. The summed E-state index contributed by atoms with van der Waals surface area (Å²) in [6.45, 7) is 6.18. The minimum Gasteiger partial charge on any atom is -0.335 e. The van der Waals surface area contributed by atoms with Gasteiger partial charge in [-0.1, -0.05) is 13.0 Å². The third-order valence-corrected chi connectivity index (χ3v) is 2.94. The molecule has 0 aliphatic carbocycles. The van der Waals surface area contributed by atoms with Gasteiger partial charge in [0, 0.05) is 17.6 Å². The molecule has 0 radical (unpaired) electrons. The maximum atomic E-state index is 11.5. The Bertz CT molecular complexity index is 324. The number of urea groups is 1. The van der Waals surface area contributed by atoms with Gasteiger partial charge in [-0.25, -0.2) is 9.78 Å².